The first-order valence-electron chi connectivity index (χ1n) is 3.69. The van der Waals surface area contributed by atoms with Crippen LogP contribution in [-0.4, -0.2) is 39.1 Å². The van der Waals surface area contributed by atoms with Gasteiger partial charge in [0.1, 0.15) is 11.6 Å². The molecule has 0 aliphatic carbocycles. The second-order valence-corrected chi connectivity index (χ2v) is 2.58. The van der Waals surface area contributed by atoms with Crippen LogP contribution in [0.3, 0.4) is 0 Å². The van der Waals surface area contributed by atoms with Gasteiger partial charge in [-0.3, -0.25) is 9.59 Å². The zero-order chi connectivity index (χ0) is 12.2. The molecule has 1 atom stereocenters. The monoisotopic (exact) mass is 218 g/mol. The molecule has 1 unspecified atom stereocenters. The molecule has 0 aromatic rings. The topological polar surface area (TPSA) is 150 Å². The van der Waals surface area contributed by atoms with Crippen LogP contribution >= 0.6 is 0 Å². The molecule has 0 aliphatic rings. The number of rotatable bonds is 4. The summed E-state index contributed by atoms with van der Waals surface area (Å²) in [7, 11) is 0. The Balaban J connectivity index is 5.22. The first kappa shape index (κ1) is 12.8. The van der Waals surface area contributed by atoms with Crippen LogP contribution < -0.4 is 11.1 Å². The summed E-state index contributed by atoms with van der Waals surface area (Å²) in [6.07, 6.45) is 0. The maximum atomic E-state index is 10.8. The highest BCUT2D eigenvalue weighted by Crippen LogP contribution is 2.06. The van der Waals surface area contributed by atoms with E-state index in [4.69, 9.17) is 21.1 Å². The van der Waals surface area contributed by atoms with Crippen molar-refractivity contribution >= 4 is 17.8 Å². The van der Waals surface area contributed by atoms with E-state index in [1.807, 2.05) is 5.32 Å². The lowest BCUT2D eigenvalue weighted by Crippen LogP contribution is -2.47. The Kier molecular flexibility index (Phi) is 4.11. The molecule has 0 spiro atoms. The van der Waals surface area contributed by atoms with Crippen molar-refractivity contribution in [1.29, 1.82) is 0 Å². The van der Waals surface area contributed by atoms with Crippen molar-refractivity contribution in [3.05, 3.63) is 11.5 Å². The van der Waals surface area contributed by atoms with Gasteiger partial charge in [0.2, 0.25) is 11.8 Å². The van der Waals surface area contributed by atoms with Gasteiger partial charge in [-0.2, -0.15) is 0 Å². The summed E-state index contributed by atoms with van der Waals surface area (Å²) in [4.78, 5) is 31.9. The zero-order valence-electron chi connectivity index (χ0n) is 7.72. The molecule has 8 heteroatoms. The predicted octanol–water partition coefficient (Wildman–Crippen LogP) is -1.61. The van der Waals surface area contributed by atoms with E-state index in [-0.39, 0.29) is 0 Å². The summed E-state index contributed by atoms with van der Waals surface area (Å²) in [6, 6.07) is -1.79. The molecule has 0 saturated carbocycles. The van der Waals surface area contributed by atoms with Crippen molar-refractivity contribution in [2.75, 3.05) is 0 Å². The molecule has 6 N–H and O–H groups in total. The van der Waals surface area contributed by atoms with Crippen LogP contribution in [-0.2, 0) is 14.4 Å². The number of nitrogens with two attached hydrogens (primary N) is 1. The van der Waals surface area contributed by atoms with E-state index in [1.165, 1.54) is 0 Å². The summed E-state index contributed by atoms with van der Waals surface area (Å²) in [6.45, 7) is 1.02. The SMILES string of the molecule is CC(=O)NC(C(N)=O)C(C(=O)O)=C(O)O. The lowest BCUT2D eigenvalue weighted by Gasteiger charge is -2.14. The summed E-state index contributed by atoms with van der Waals surface area (Å²) in [5, 5.41) is 27.6. The zero-order valence-corrected chi connectivity index (χ0v) is 7.72. The van der Waals surface area contributed by atoms with Crippen molar-refractivity contribution in [3.63, 3.8) is 0 Å². The normalized spacial score (nSPS) is 11.3. The maximum Gasteiger partial charge on any atom is 0.341 e. The molecule has 15 heavy (non-hydrogen) atoms. The van der Waals surface area contributed by atoms with Gasteiger partial charge in [-0.25, -0.2) is 4.79 Å². The lowest BCUT2D eigenvalue weighted by molar-refractivity contribution is -0.135. The average Bonchev–Trinajstić information content (AvgIpc) is 2.00. The molecule has 0 rings (SSSR count). The fraction of sp³-hybridized carbons (Fsp3) is 0.286. The molecule has 0 aliphatic heterocycles. The summed E-state index contributed by atoms with van der Waals surface area (Å²) >= 11 is 0. The Morgan fingerprint density at radius 3 is 1.87 bits per heavy atom. The highest BCUT2D eigenvalue weighted by Gasteiger charge is 2.30. The van der Waals surface area contributed by atoms with Gasteiger partial charge >= 0.3 is 5.97 Å². The average molecular weight is 218 g/mol. The number of carbonyl (C=O) groups excluding carboxylic acids is 2. The Morgan fingerprint density at radius 2 is 1.67 bits per heavy atom. The molecule has 0 aromatic carbocycles. The third kappa shape index (κ3) is 3.55. The Labute approximate surface area is 84.0 Å². The van der Waals surface area contributed by atoms with Gasteiger partial charge in [-0.05, 0) is 0 Å². The molecule has 0 radical (unpaired) electrons. The maximum absolute atomic E-state index is 10.8. The number of amides is 2. The minimum absolute atomic E-state index is 0.737. The van der Waals surface area contributed by atoms with E-state index in [0.717, 1.165) is 6.92 Å². The van der Waals surface area contributed by atoms with Crippen molar-refractivity contribution < 1.29 is 29.7 Å². The minimum atomic E-state index is -1.79. The van der Waals surface area contributed by atoms with Gasteiger partial charge in [0.25, 0.3) is 5.95 Å². The fourth-order valence-corrected chi connectivity index (χ4v) is 0.837. The molecule has 0 bridgehead atoms. The summed E-state index contributed by atoms with van der Waals surface area (Å²) in [5.74, 6) is -5.31. The van der Waals surface area contributed by atoms with Gasteiger partial charge in [0, 0.05) is 6.92 Å². The second-order valence-electron chi connectivity index (χ2n) is 2.58. The number of aliphatic hydroxyl groups excluding tert-OH is 1. The third-order valence-electron chi connectivity index (χ3n) is 1.39. The van der Waals surface area contributed by atoms with Gasteiger partial charge in [0.05, 0.1) is 0 Å². The van der Waals surface area contributed by atoms with E-state index < -0.39 is 35.3 Å². The van der Waals surface area contributed by atoms with E-state index in [0.29, 0.717) is 0 Å². The number of primary amides is 1. The van der Waals surface area contributed by atoms with Crippen LogP contribution in [0.15, 0.2) is 11.5 Å². The van der Waals surface area contributed by atoms with Crippen molar-refractivity contribution in [2.45, 2.75) is 13.0 Å². The number of carboxylic acid groups (broad SMARTS) is 1. The fourth-order valence-electron chi connectivity index (χ4n) is 0.837. The lowest BCUT2D eigenvalue weighted by atomic mass is 10.1. The van der Waals surface area contributed by atoms with E-state index >= 15 is 0 Å². The third-order valence-corrected chi connectivity index (χ3v) is 1.39. The molecule has 0 aromatic heterocycles. The largest absolute Gasteiger partial charge is 0.481 e. The van der Waals surface area contributed by atoms with E-state index in [1.54, 1.807) is 0 Å². The Morgan fingerprint density at radius 1 is 1.20 bits per heavy atom. The van der Waals surface area contributed by atoms with Gasteiger partial charge in [-0.1, -0.05) is 0 Å². The smallest absolute Gasteiger partial charge is 0.341 e. The van der Waals surface area contributed by atoms with E-state index in [9.17, 15) is 14.4 Å². The standard InChI is InChI=1S/C7H10N2O6/c1-2(10)9-4(5(8)11)3(6(12)13)7(14)15/h4,12-13H,1H3,(H2,8,11)(H,9,10)(H,14,15). The number of hydrogen-bond acceptors (Lipinski definition) is 5. The van der Waals surface area contributed by atoms with Crippen LogP contribution in [0.4, 0.5) is 0 Å². The first-order valence-corrected chi connectivity index (χ1v) is 3.69. The van der Waals surface area contributed by atoms with E-state index in [2.05, 4.69) is 0 Å². The van der Waals surface area contributed by atoms with Crippen LogP contribution in [0, 0.1) is 0 Å². The second kappa shape index (κ2) is 4.84. The predicted molar refractivity (Wildman–Crippen MR) is 46.7 cm³/mol. The molecule has 84 valence electrons. The van der Waals surface area contributed by atoms with Gasteiger partial charge in [-0.15, -0.1) is 0 Å². The van der Waals surface area contributed by atoms with Crippen molar-refractivity contribution in [2.24, 2.45) is 5.73 Å². The highest BCUT2D eigenvalue weighted by molar-refractivity contribution is 6.00. The number of nitrogens with one attached hydrogen (secondary N) is 1. The van der Waals surface area contributed by atoms with Crippen LogP contribution in [0.5, 0.6) is 0 Å². The molecule has 8 nitrogen and oxygen atoms in total. The first-order chi connectivity index (χ1) is 6.77. The number of aliphatic hydroxyl groups is 2. The molecule has 0 fully saturated rings. The summed E-state index contributed by atoms with van der Waals surface area (Å²) < 4.78 is 0. The van der Waals surface area contributed by atoms with Gasteiger partial charge in [0.15, 0.2) is 0 Å². The molecule has 2 amide bonds. The highest BCUT2D eigenvalue weighted by atomic mass is 16.5. The minimum Gasteiger partial charge on any atom is -0.481 e. The number of carboxylic acids is 1. The van der Waals surface area contributed by atoms with Crippen LogP contribution in [0.25, 0.3) is 0 Å². The van der Waals surface area contributed by atoms with Crippen LogP contribution in [0.1, 0.15) is 6.92 Å². The molecule has 0 saturated heterocycles. The molecular weight excluding hydrogens is 208 g/mol. The van der Waals surface area contributed by atoms with Crippen LogP contribution in [0.2, 0.25) is 0 Å². The summed E-state index contributed by atoms with van der Waals surface area (Å²) in [5.41, 5.74) is 3.70. The molecule has 0 heterocycles. The molecular formula is C7H10N2O6. The van der Waals surface area contributed by atoms with Gasteiger partial charge < -0.3 is 26.4 Å². The quantitative estimate of drug-likeness (QED) is 0.283. The number of carbonyl (C=O) groups is 3. The number of hydrogen-bond donors (Lipinski definition) is 5. The number of aliphatic carboxylic acids is 1. The Hall–Kier alpha value is -2.25. The van der Waals surface area contributed by atoms with Crippen molar-refractivity contribution in [3.8, 4) is 0 Å². The van der Waals surface area contributed by atoms with Crippen molar-refractivity contribution in [1.82, 2.24) is 5.32 Å². The Bertz CT molecular complexity index is 330.